The first-order valence-corrected chi connectivity index (χ1v) is 9.00. The van der Waals surface area contributed by atoms with Crippen molar-refractivity contribution in [2.45, 2.75) is 13.3 Å². The van der Waals surface area contributed by atoms with Gasteiger partial charge in [0, 0.05) is 0 Å². The number of nitrogens with zero attached hydrogens (tertiary/aromatic N) is 2. The first kappa shape index (κ1) is 15.0. The second kappa shape index (κ2) is 17.6. The topological polar surface area (TPSA) is 28.2 Å². The first-order chi connectivity index (χ1) is 5.41. The average molecular weight is 473 g/mol. The van der Waals surface area contributed by atoms with Crippen LogP contribution in [0.5, 0.6) is 0 Å². The number of hydrogen-bond donors (Lipinski definition) is 0. The maximum atomic E-state index is 3.74. The molecule has 0 bridgehead atoms. The zero-order chi connectivity index (χ0) is 8.95. The monoisotopic (exact) mass is 472 g/mol. The number of rotatable bonds is 1. The van der Waals surface area contributed by atoms with E-state index in [0.29, 0.717) is 6.67 Å². The van der Waals surface area contributed by atoms with Crippen LogP contribution >= 0.6 is 41.6 Å². The molecule has 1 rings (SSSR count). The van der Waals surface area contributed by atoms with E-state index in [1.807, 2.05) is 19.0 Å². The van der Waals surface area contributed by atoms with Crippen LogP contribution in [0, 0.1) is 0 Å². The van der Waals surface area contributed by atoms with Crippen molar-refractivity contribution in [2.75, 3.05) is 11.1 Å². The zero-order valence-corrected chi connectivity index (χ0v) is 12.0. The second-order valence-electron chi connectivity index (χ2n) is 1.49. The molecule has 0 amide bonds. The van der Waals surface area contributed by atoms with Crippen molar-refractivity contribution in [1.29, 1.82) is 0 Å². The van der Waals surface area contributed by atoms with Crippen LogP contribution in [0.3, 0.4) is 0 Å². The van der Waals surface area contributed by atoms with Gasteiger partial charge in [-0.3, -0.25) is 0 Å². The normalized spacial score (nSPS) is 11.4. The quantitative estimate of drug-likeness (QED) is 0.315. The summed E-state index contributed by atoms with van der Waals surface area (Å²) in [4.78, 5) is 0. The average Bonchev–Trinajstić information content (AvgIpc) is 2.65. The number of alkyl halides is 1. The summed E-state index contributed by atoms with van der Waals surface area (Å²) in [7, 11) is 0. The summed E-state index contributed by atoms with van der Waals surface area (Å²) < 4.78 is 1.29. The van der Waals surface area contributed by atoms with Crippen LogP contribution in [0.15, 0.2) is 12.4 Å². The molecule has 1 heterocycles. The summed E-state index contributed by atoms with van der Waals surface area (Å²) >= 11 is 7.23. The van der Waals surface area contributed by atoms with E-state index in [-0.39, 0.29) is 0 Å². The van der Waals surface area contributed by atoms with E-state index in [4.69, 9.17) is 0 Å². The summed E-state index contributed by atoms with van der Waals surface area (Å²) in [5.74, 6) is 0. The molecule has 0 aliphatic carbocycles. The van der Waals surface area contributed by atoms with Crippen molar-refractivity contribution in [3.63, 3.8) is 0 Å². The Morgan fingerprint density at radius 3 is 1.82 bits per heavy atom. The van der Waals surface area contributed by atoms with Gasteiger partial charge in [0.2, 0.25) is 0 Å². The minimum absolute atomic E-state index is 0.639. The molecule has 0 atom stereocenters. The maximum absolute atomic E-state index is 3.74. The van der Waals surface area contributed by atoms with Crippen molar-refractivity contribution in [3.8, 4) is 0 Å². The molecule has 1 aliphatic rings. The second-order valence-corrected chi connectivity index (χ2v) is 2.57. The van der Waals surface area contributed by atoms with Crippen LogP contribution < -0.4 is 0 Å². The van der Waals surface area contributed by atoms with Crippen LogP contribution in [-0.2, 0) is 17.3 Å². The van der Waals surface area contributed by atoms with Gasteiger partial charge in [0.15, 0.2) is 0 Å². The van der Waals surface area contributed by atoms with E-state index < -0.39 is 0 Å². The third-order valence-electron chi connectivity index (χ3n) is 0.630. The van der Waals surface area contributed by atoms with Gasteiger partial charge in [-0.15, -0.1) is 0 Å². The number of halogens is 2. The molecule has 0 aromatic heterocycles. The minimum atomic E-state index is 0.639. The van der Waals surface area contributed by atoms with Crippen LogP contribution in [0.1, 0.15) is 13.3 Å². The summed E-state index contributed by atoms with van der Waals surface area (Å²) in [6, 6.07) is 0. The molecule has 1 aliphatic heterocycles. The predicted octanol–water partition coefficient (Wildman–Crippen LogP) is 3.89. The Kier molecular flexibility index (Phi) is 24.0. The summed E-state index contributed by atoms with van der Waals surface area (Å²) in [6.45, 7) is 2.81. The fourth-order valence-corrected chi connectivity index (χ4v) is 0.236. The van der Waals surface area contributed by atoms with Gasteiger partial charge in [-0.2, -0.15) is 0 Å². The van der Waals surface area contributed by atoms with Crippen molar-refractivity contribution >= 4 is 41.6 Å². The number of hydrogen-bond acceptors (Lipinski definition) is 0. The molecule has 0 aromatic rings. The molecule has 0 aromatic carbocycles. The Hall–Kier alpha value is 1.54. The van der Waals surface area contributed by atoms with Crippen molar-refractivity contribution in [3.05, 3.63) is 23.0 Å². The fraction of sp³-hybridized carbons (Fsp3) is 0.667. The fourth-order valence-electron chi connectivity index (χ4n) is 0.236. The van der Waals surface area contributed by atoms with Gasteiger partial charge in [0.1, 0.15) is 0 Å². The predicted molar refractivity (Wildman–Crippen MR) is 63.9 cm³/mol. The van der Waals surface area contributed by atoms with Gasteiger partial charge in [-0.05, 0) is 10.8 Å². The zero-order valence-electron chi connectivity index (χ0n) is 6.23. The summed E-state index contributed by atoms with van der Waals surface area (Å²) in [5, 5.41) is 7.47. The van der Waals surface area contributed by atoms with Crippen LogP contribution in [0.2, 0.25) is 0 Å². The molecule has 0 N–H and O–H groups in total. The Morgan fingerprint density at radius 1 is 1.36 bits per heavy atom. The third-order valence-corrected chi connectivity index (χ3v) is 1.71. The SMILES string of the molecule is C1=C[N-]C[N-]1.CCCI.[Ag][I]. The molecular formula is C6H11AgI2N2-2. The molecule has 72 valence electrons. The van der Waals surface area contributed by atoms with E-state index in [1.165, 1.54) is 10.8 Å². The molecule has 11 heavy (non-hydrogen) atoms. The van der Waals surface area contributed by atoms with Crippen molar-refractivity contribution < 1.29 is 17.3 Å². The molecule has 0 spiro atoms. The summed E-state index contributed by atoms with van der Waals surface area (Å²) in [5.41, 5.74) is 0. The third kappa shape index (κ3) is 18.5. The van der Waals surface area contributed by atoms with Gasteiger partial charge < -0.3 is 10.6 Å². The molecule has 2 nitrogen and oxygen atoms in total. The molecule has 0 saturated carbocycles. The molecule has 0 saturated heterocycles. The van der Waals surface area contributed by atoms with Crippen molar-refractivity contribution in [1.82, 2.24) is 0 Å². The molecular weight excluding hydrogens is 462 g/mol. The van der Waals surface area contributed by atoms with Gasteiger partial charge >= 0.3 is 36.3 Å². The van der Waals surface area contributed by atoms with Crippen LogP contribution in [0.4, 0.5) is 0 Å². The molecule has 5 heteroatoms. The summed E-state index contributed by atoms with van der Waals surface area (Å²) in [6.07, 6.45) is 4.70. The molecule has 0 unspecified atom stereocenters. The van der Waals surface area contributed by atoms with E-state index in [2.05, 4.69) is 57.4 Å². The Balaban J connectivity index is 0. The van der Waals surface area contributed by atoms with E-state index in [9.17, 15) is 0 Å². The Morgan fingerprint density at radius 2 is 1.73 bits per heavy atom. The van der Waals surface area contributed by atoms with Gasteiger partial charge in [0.05, 0.1) is 0 Å². The van der Waals surface area contributed by atoms with E-state index >= 15 is 0 Å². The van der Waals surface area contributed by atoms with Crippen LogP contribution in [0.25, 0.3) is 10.6 Å². The van der Waals surface area contributed by atoms with Crippen molar-refractivity contribution in [2.24, 2.45) is 0 Å². The first-order valence-electron chi connectivity index (χ1n) is 3.07. The van der Waals surface area contributed by atoms with Gasteiger partial charge in [-0.25, -0.2) is 19.1 Å². The van der Waals surface area contributed by atoms with E-state index in [1.54, 1.807) is 12.4 Å². The Bertz CT molecular complexity index is 73.0. The van der Waals surface area contributed by atoms with Gasteiger partial charge in [-0.1, -0.05) is 29.5 Å². The van der Waals surface area contributed by atoms with Gasteiger partial charge in [0.25, 0.3) is 0 Å². The van der Waals surface area contributed by atoms with E-state index in [0.717, 1.165) is 0 Å². The standard InChI is InChI=1S/C3H7I.C3H4N2.Ag.HI/c1-2-3-4;1-2-5-3-4-1;;/h2-3H2,1H3;1-2H,3H2;;1H/q;-2;+1;/p-1. The molecule has 0 fully saturated rings. The molecule has 0 radical (unpaired) electrons. The van der Waals surface area contributed by atoms with Crippen LogP contribution in [-0.4, -0.2) is 11.1 Å². The Labute approximate surface area is 105 Å².